The summed E-state index contributed by atoms with van der Waals surface area (Å²) in [4.78, 5) is 16.2. The molecule has 3 aromatic rings. The summed E-state index contributed by atoms with van der Waals surface area (Å²) < 4.78 is 39.9. The molecule has 146 valence electrons. The number of aromatic nitrogens is 1. The Balaban J connectivity index is 1.56. The van der Waals surface area contributed by atoms with Crippen LogP contribution in [-0.4, -0.2) is 19.3 Å². The van der Waals surface area contributed by atoms with Gasteiger partial charge in [-0.15, -0.1) is 11.3 Å². The van der Waals surface area contributed by atoms with E-state index in [4.69, 9.17) is 11.6 Å². The molecular formula is C18H15ClFN3O3S2. The van der Waals surface area contributed by atoms with Crippen LogP contribution in [0.25, 0.3) is 0 Å². The van der Waals surface area contributed by atoms with Crippen molar-refractivity contribution in [3.8, 4) is 0 Å². The molecule has 0 bridgehead atoms. The van der Waals surface area contributed by atoms with Crippen LogP contribution in [-0.2, 0) is 27.8 Å². The molecule has 0 saturated heterocycles. The molecule has 0 spiro atoms. The first-order valence-corrected chi connectivity index (χ1v) is 10.8. The van der Waals surface area contributed by atoms with Crippen LogP contribution in [0.15, 0.2) is 58.8 Å². The molecular weight excluding hydrogens is 425 g/mol. The lowest BCUT2D eigenvalue weighted by atomic mass is 10.2. The molecule has 3 rings (SSSR count). The zero-order chi connectivity index (χ0) is 20.1. The number of halogens is 2. The number of benzene rings is 2. The number of hydrogen-bond acceptors (Lipinski definition) is 5. The molecule has 0 radical (unpaired) electrons. The van der Waals surface area contributed by atoms with Crippen molar-refractivity contribution >= 4 is 44.0 Å². The van der Waals surface area contributed by atoms with Crippen molar-refractivity contribution in [2.24, 2.45) is 0 Å². The summed E-state index contributed by atoms with van der Waals surface area (Å²) in [5, 5.41) is 4.91. The number of nitrogens with one attached hydrogen (secondary N) is 2. The zero-order valence-corrected chi connectivity index (χ0v) is 16.7. The Bertz CT molecular complexity index is 1070. The molecule has 0 atom stereocenters. The predicted octanol–water partition coefficient (Wildman–Crippen LogP) is 3.60. The third-order valence-corrected chi connectivity index (χ3v) is 6.18. The molecule has 0 aliphatic carbocycles. The van der Waals surface area contributed by atoms with E-state index in [0.29, 0.717) is 10.7 Å². The monoisotopic (exact) mass is 439 g/mol. The standard InChI is InChI=1S/C18H15ClFN3O3S2/c19-13-3-7-16(8-4-13)28(25,26)23-18-22-15(11-27-18)9-17(24)21-10-12-1-5-14(20)6-2-12/h1-8,11H,9-10H2,(H,21,24)(H,22,23). The summed E-state index contributed by atoms with van der Waals surface area (Å²) >= 11 is 6.85. The van der Waals surface area contributed by atoms with Gasteiger partial charge in [0, 0.05) is 16.9 Å². The van der Waals surface area contributed by atoms with Crippen molar-refractivity contribution in [1.82, 2.24) is 10.3 Å². The van der Waals surface area contributed by atoms with Gasteiger partial charge in [0.15, 0.2) is 5.13 Å². The van der Waals surface area contributed by atoms with Crippen molar-refractivity contribution in [1.29, 1.82) is 0 Å². The van der Waals surface area contributed by atoms with Gasteiger partial charge in [-0.2, -0.15) is 0 Å². The number of carbonyl (C=O) groups excluding carboxylic acids is 1. The highest BCUT2D eigenvalue weighted by Crippen LogP contribution is 2.21. The normalized spacial score (nSPS) is 11.2. The van der Waals surface area contributed by atoms with Gasteiger partial charge in [0.1, 0.15) is 5.82 Å². The van der Waals surface area contributed by atoms with Crippen LogP contribution < -0.4 is 10.0 Å². The Hall–Kier alpha value is -2.49. The fraction of sp³-hybridized carbons (Fsp3) is 0.111. The topological polar surface area (TPSA) is 88.2 Å². The van der Waals surface area contributed by atoms with Gasteiger partial charge in [-0.3, -0.25) is 9.52 Å². The van der Waals surface area contributed by atoms with Gasteiger partial charge < -0.3 is 5.32 Å². The summed E-state index contributed by atoms with van der Waals surface area (Å²) in [6, 6.07) is 11.6. The number of carbonyl (C=O) groups is 1. The van der Waals surface area contributed by atoms with Crippen LogP contribution >= 0.6 is 22.9 Å². The molecule has 1 aromatic heterocycles. The fourth-order valence-corrected chi connectivity index (χ4v) is 4.34. The van der Waals surface area contributed by atoms with E-state index in [1.54, 1.807) is 17.5 Å². The molecule has 1 amide bonds. The first kappa shape index (κ1) is 20.2. The second kappa shape index (κ2) is 8.68. The third kappa shape index (κ3) is 5.51. The maximum Gasteiger partial charge on any atom is 0.263 e. The van der Waals surface area contributed by atoms with E-state index in [1.807, 2.05) is 0 Å². The predicted molar refractivity (Wildman–Crippen MR) is 106 cm³/mol. The van der Waals surface area contributed by atoms with Crippen molar-refractivity contribution in [2.75, 3.05) is 4.72 Å². The maximum absolute atomic E-state index is 12.9. The lowest BCUT2D eigenvalue weighted by Gasteiger charge is -2.05. The van der Waals surface area contributed by atoms with E-state index in [1.165, 1.54) is 36.4 Å². The van der Waals surface area contributed by atoms with Crippen LogP contribution in [0.2, 0.25) is 5.02 Å². The second-order valence-corrected chi connectivity index (χ2v) is 8.76. The number of nitrogens with zero attached hydrogens (tertiary/aromatic N) is 1. The van der Waals surface area contributed by atoms with Crippen LogP contribution in [0.4, 0.5) is 9.52 Å². The Morgan fingerprint density at radius 1 is 1.11 bits per heavy atom. The minimum Gasteiger partial charge on any atom is -0.352 e. The highest BCUT2D eigenvalue weighted by atomic mass is 35.5. The molecule has 6 nitrogen and oxygen atoms in total. The summed E-state index contributed by atoms with van der Waals surface area (Å²) in [5.41, 5.74) is 1.21. The molecule has 0 aliphatic heterocycles. The molecule has 0 saturated carbocycles. The number of anilines is 1. The first-order chi connectivity index (χ1) is 13.3. The summed E-state index contributed by atoms with van der Waals surface area (Å²) in [6.45, 7) is 0.263. The minimum absolute atomic E-state index is 0.000364. The second-order valence-electron chi connectivity index (χ2n) is 5.78. The summed E-state index contributed by atoms with van der Waals surface area (Å²) in [5.74, 6) is -0.618. The number of hydrogen-bond donors (Lipinski definition) is 2. The van der Waals surface area contributed by atoms with Crippen molar-refractivity contribution in [3.63, 3.8) is 0 Å². The smallest absolute Gasteiger partial charge is 0.263 e. The highest BCUT2D eigenvalue weighted by molar-refractivity contribution is 7.93. The third-order valence-electron chi connectivity index (χ3n) is 3.64. The number of amides is 1. The van der Waals surface area contributed by atoms with Gasteiger partial charge in [-0.25, -0.2) is 17.8 Å². The van der Waals surface area contributed by atoms with Gasteiger partial charge in [-0.05, 0) is 42.0 Å². The Labute approximate surface area is 170 Å². The van der Waals surface area contributed by atoms with Crippen molar-refractivity contribution in [2.45, 2.75) is 17.9 Å². The lowest BCUT2D eigenvalue weighted by Crippen LogP contribution is -2.24. The molecule has 0 fully saturated rings. The quantitative estimate of drug-likeness (QED) is 0.588. The molecule has 28 heavy (non-hydrogen) atoms. The van der Waals surface area contributed by atoms with E-state index in [2.05, 4.69) is 15.0 Å². The Kier molecular flexibility index (Phi) is 6.28. The molecule has 2 N–H and O–H groups in total. The van der Waals surface area contributed by atoms with Crippen LogP contribution in [0.5, 0.6) is 0 Å². The van der Waals surface area contributed by atoms with E-state index in [9.17, 15) is 17.6 Å². The Morgan fingerprint density at radius 3 is 2.46 bits per heavy atom. The van der Waals surface area contributed by atoms with Crippen molar-refractivity contribution in [3.05, 3.63) is 76.0 Å². The highest BCUT2D eigenvalue weighted by Gasteiger charge is 2.16. The van der Waals surface area contributed by atoms with Crippen LogP contribution in [0.1, 0.15) is 11.3 Å². The van der Waals surface area contributed by atoms with Crippen molar-refractivity contribution < 1.29 is 17.6 Å². The van der Waals surface area contributed by atoms with E-state index >= 15 is 0 Å². The first-order valence-electron chi connectivity index (χ1n) is 8.06. The van der Waals surface area contributed by atoms with Gasteiger partial charge in [-0.1, -0.05) is 23.7 Å². The zero-order valence-electron chi connectivity index (χ0n) is 14.4. The average molecular weight is 440 g/mol. The van der Waals surface area contributed by atoms with Gasteiger partial charge in [0.05, 0.1) is 17.0 Å². The maximum atomic E-state index is 12.9. The van der Waals surface area contributed by atoms with E-state index in [-0.39, 0.29) is 34.7 Å². The summed E-state index contributed by atoms with van der Waals surface area (Å²) in [6.07, 6.45) is 0.000364. The van der Waals surface area contributed by atoms with Gasteiger partial charge >= 0.3 is 0 Å². The Morgan fingerprint density at radius 2 is 1.79 bits per heavy atom. The number of rotatable bonds is 7. The molecule has 0 unspecified atom stereocenters. The van der Waals surface area contributed by atoms with Crippen LogP contribution in [0, 0.1) is 5.82 Å². The number of sulfonamides is 1. The fourth-order valence-electron chi connectivity index (χ4n) is 2.25. The largest absolute Gasteiger partial charge is 0.352 e. The molecule has 1 heterocycles. The average Bonchev–Trinajstić information content (AvgIpc) is 3.07. The van der Waals surface area contributed by atoms with E-state index in [0.717, 1.165) is 16.9 Å². The van der Waals surface area contributed by atoms with Gasteiger partial charge in [0.2, 0.25) is 5.91 Å². The molecule has 2 aromatic carbocycles. The molecule has 0 aliphatic rings. The lowest BCUT2D eigenvalue weighted by molar-refractivity contribution is -0.120. The van der Waals surface area contributed by atoms with E-state index < -0.39 is 10.0 Å². The minimum atomic E-state index is -3.79. The number of thiazole rings is 1. The van der Waals surface area contributed by atoms with Gasteiger partial charge in [0.25, 0.3) is 10.0 Å². The SMILES string of the molecule is O=C(Cc1csc(NS(=O)(=O)c2ccc(Cl)cc2)n1)NCc1ccc(F)cc1. The summed E-state index contributed by atoms with van der Waals surface area (Å²) in [7, 11) is -3.79. The van der Waals surface area contributed by atoms with Crippen LogP contribution in [0.3, 0.4) is 0 Å². The molecule has 10 heteroatoms.